The van der Waals surface area contributed by atoms with Crippen molar-refractivity contribution in [3.05, 3.63) is 64.2 Å². The summed E-state index contributed by atoms with van der Waals surface area (Å²) in [5, 5.41) is 11.0. The van der Waals surface area contributed by atoms with Crippen LogP contribution in [0, 0.1) is 17.0 Å². The average molecular weight is 469 g/mol. The molecule has 0 atom stereocenters. The topological polar surface area (TPSA) is 95.8 Å². The van der Waals surface area contributed by atoms with Gasteiger partial charge in [0, 0.05) is 50.5 Å². The van der Waals surface area contributed by atoms with Crippen LogP contribution in [-0.4, -0.2) is 57.5 Å². The molecule has 2 aromatic rings. The Kier molecular flexibility index (Phi) is 9.24. The zero-order valence-electron chi connectivity index (χ0n) is 17.6. The number of anilines is 1. The molecule has 1 aliphatic rings. The van der Waals surface area contributed by atoms with Crippen LogP contribution in [0.1, 0.15) is 18.4 Å². The van der Waals surface area contributed by atoms with E-state index >= 15 is 0 Å². The van der Waals surface area contributed by atoms with Crippen LogP contribution in [0.4, 0.5) is 11.4 Å². The molecule has 0 spiro atoms. The van der Waals surface area contributed by atoms with Crippen LogP contribution >= 0.6 is 12.4 Å². The van der Waals surface area contributed by atoms with Crippen molar-refractivity contribution in [2.24, 2.45) is 0 Å². The van der Waals surface area contributed by atoms with Crippen molar-refractivity contribution < 1.29 is 13.3 Å². The molecule has 2 aromatic carbocycles. The molecule has 8 nitrogen and oxygen atoms in total. The number of rotatable bonds is 9. The summed E-state index contributed by atoms with van der Waals surface area (Å²) in [4.78, 5) is 15.4. The number of halogens is 1. The van der Waals surface area contributed by atoms with Gasteiger partial charge in [-0.15, -0.1) is 12.4 Å². The molecule has 0 radical (unpaired) electrons. The highest BCUT2D eigenvalue weighted by Crippen LogP contribution is 2.22. The summed E-state index contributed by atoms with van der Waals surface area (Å²) < 4.78 is 27.2. The number of aryl methyl sites for hydroxylation is 1. The monoisotopic (exact) mass is 468 g/mol. The second kappa shape index (κ2) is 11.4. The van der Waals surface area contributed by atoms with Gasteiger partial charge in [-0.2, -0.15) is 0 Å². The predicted molar refractivity (Wildman–Crippen MR) is 125 cm³/mol. The Balaban J connectivity index is 0.00000341. The number of unbranched alkanes of at least 4 members (excludes halogenated alkanes) is 1. The predicted octanol–water partition coefficient (Wildman–Crippen LogP) is 3.21. The summed E-state index contributed by atoms with van der Waals surface area (Å²) in [5.41, 5.74) is 2.02. The first-order valence-electron chi connectivity index (χ1n) is 10.1. The van der Waals surface area contributed by atoms with Gasteiger partial charge in [-0.3, -0.25) is 15.0 Å². The molecule has 0 bridgehead atoms. The van der Waals surface area contributed by atoms with Gasteiger partial charge in [0.1, 0.15) is 0 Å². The molecule has 31 heavy (non-hydrogen) atoms. The third-order valence-electron chi connectivity index (χ3n) is 5.30. The molecule has 0 unspecified atom stereocenters. The third-order valence-corrected chi connectivity index (χ3v) is 6.78. The van der Waals surface area contributed by atoms with E-state index < -0.39 is 10.0 Å². The Labute approximate surface area is 189 Å². The van der Waals surface area contributed by atoms with Gasteiger partial charge in [0.2, 0.25) is 10.0 Å². The van der Waals surface area contributed by atoms with Crippen LogP contribution in [0.3, 0.4) is 0 Å². The lowest BCUT2D eigenvalue weighted by atomic mass is 10.2. The standard InChI is InChI=1S/C21H28N4O4S.ClH/c1-18-7-9-21(10-8-18)30(28,29)22-11-2-3-12-23-13-15-24(16-14-23)19-5-4-6-20(17-19)25(26)27;/h4-10,17,22H,2-3,11-16H2,1H3;1H. The van der Waals surface area contributed by atoms with Crippen molar-refractivity contribution in [2.75, 3.05) is 44.2 Å². The highest BCUT2D eigenvalue weighted by molar-refractivity contribution is 7.89. The number of hydrogen-bond donors (Lipinski definition) is 1. The second-order valence-electron chi connectivity index (χ2n) is 7.52. The highest BCUT2D eigenvalue weighted by Gasteiger charge is 2.18. The van der Waals surface area contributed by atoms with Crippen LogP contribution in [0.5, 0.6) is 0 Å². The van der Waals surface area contributed by atoms with Crippen LogP contribution < -0.4 is 9.62 Å². The molecule has 0 aromatic heterocycles. The fourth-order valence-electron chi connectivity index (χ4n) is 3.50. The summed E-state index contributed by atoms with van der Waals surface area (Å²) in [6.07, 6.45) is 1.68. The molecule has 170 valence electrons. The summed E-state index contributed by atoms with van der Waals surface area (Å²) in [7, 11) is -3.45. The summed E-state index contributed by atoms with van der Waals surface area (Å²) >= 11 is 0. The van der Waals surface area contributed by atoms with Crippen molar-refractivity contribution in [2.45, 2.75) is 24.7 Å². The SMILES string of the molecule is Cc1ccc(S(=O)(=O)NCCCCN2CCN(c3cccc([N+](=O)[O-])c3)CC2)cc1.Cl. The first-order chi connectivity index (χ1) is 14.3. The van der Waals surface area contributed by atoms with Gasteiger partial charge in [-0.25, -0.2) is 13.1 Å². The largest absolute Gasteiger partial charge is 0.369 e. The van der Waals surface area contributed by atoms with Crippen LogP contribution in [0.2, 0.25) is 0 Å². The number of sulfonamides is 1. The Hall–Kier alpha value is -2.20. The number of piperazine rings is 1. The highest BCUT2D eigenvalue weighted by atomic mass is 35.5. The number of nitro groups is 1. The molecule has 1 saturated heterocycles. The van der Waals surface area contributed by atoms with E-state index in [1.807, 2.05) is 13.0 Å². The average Bonchev–Trinajstić information content (AvgIpc) is 2.74. The Bertz CT molecular complexity index is 962. The van der Waals surface area contributed by atoms with Crippen molar-refractivity contribution in [3.63, 3.8) is 0 Å². The van der Waals surface area contributed by atoms with Gasteiger partial charge in [0.25, 0.3) is 5.69 Å². The van der Waals surface area contributed by atoms with Gasteiger partial charge in [0.15, 0.2) is 0 Å². The van der Waals surface area contributed by atoms with E-state index in [-0.39, 0.29) is 23.0 Å². The van der Waals surface area contributed by atoms with E-state index in [2.05, 4.69) is 14.5 Å². The number of hydrogen-bond acceptors (Lipinski definition) is 6. The number of nitrogens with zero attached hydrogens (tertiary/aromatic N) is 3. The number of benzene rings is 2. The van der Waals surface area contributed by atoms with Crippen LogP contribution in [0.15, 0.2) is 53.4 Å². The molecular weight excluding hydrogens is 440 g/mol. The van der Waals surface area contributed by atoms with Gasteiger partial charge in [0.05, 0.1) is 9.82 Å². The molecule has 0 saturated carbocycles. The maximum atomic E-state index is 12.3. The summed E-state index contributed by atoms with van der Waals surface area (Å²) in [6.45, 7) is 6.67. The molecule has 1 heterocycles. The third kappa shape index (κ3) is 7.17. The Morgan fingerprint density at radius 3 is 2.35 bits per heavy atom. The Morgan fingerprint density at radius 1 is 1.03 bits per heavy atom. The normalized spacial score (nSPS) is 14.8. The zero-order chi connectivity index (χ0) is 21.6. The molecule has 10 heteroatoms. The summed E-state index contributed by atoms with van der Waals surface area (Å²) in [5.74, 6) is 0. The van der Waals surface area contributed by atoms with E-state index in [9.17, 15) is 18.5 Å². The van der Waals surface area contributed by atoms with Gasteiger partial charge in [-0.05, 0) is 44.5 Å². The molecule has 1 aliphatic heterocycles. The fourth-order valence-corrected chi connectivity index (χ4v) is 4.57. The first-order valence-corrected chi connectivity index (χ1v) is 11.6. The maximum absolute atomic E-state index is 12.3. The molecule has 1 N–H and O–H groups in total. The number of nitro benzene ring substituents is 1. The first kappa shape index (κ1) is 25.1. The van der Waals surface area contributed by atoms with E-state index in [4.69, 9.17) is 0 Å². The van der Waals surface area contributed by atoms with Crippen LogP contribution in [0.25, 0.3) is 0 Å². The maximum Gasteiger partial charge on any atom is 0.271 e. The van der Waals surface area contributed by atoms with E-state index in [0.29, 0.717) is 11.4 Å². The molecule has 1 fully saturated rings. The number of non-ortho nitro benzene ring substituents is 1. The molecule has 0 aliphatic carbocycles. The minimum absolute atomic E-state index is 0. The minimum Gasteiger partial charge on any atom is -0.369 e. The van der Waals surface area contributed by atoms with E-state index in [1.54, 1.807) is 36.4 Å². The van der Waals surface area contributed by atoms with Crippen molar-refractivity contribution >= 4 is 33.8 Å². The Morgan fingerprint density at radius 2 is 1.71 bits per heavy atom. The van der Waals surface area contributed by atoms with Crippen LogP contribution in [-0.2, 0) is 10.0 Å². The minimum atomic E-state index is -3.45. The molecule has 0 amide bonds. The lowest BCUT2D eigenvalue weighted by Gasteiger charge is -2.36. The lowest BCUT2D eigenvalue weighted by Crippen LogP contribution is -2.46. The fraction of sp³-hybridized carbons (Fsp3) is 0.429. The molecular formula is C21H29ClN4O4S. The van der Waals surface area contributed by atoms with Crippen molar-refractivity contribution in [1.29, 1.82) is 0 Å². The molecule has 3 rings (SSSR count). The van der Waals surface area contributed by atoms with Gasteiger partial charge >= 0.3 is 0 Å². The second-order valence-corrected chi connectivity index (χ2v) is 9.29. The quantitative estimate of drug-likeness (QED) is 0.345. The van der Waals surface area contributed by atoms with Crippen molar-refractivity contribution in [1.82, 2.24) is 9.62 Å². The van der Waals surface area contributed by atoms with E-state index in [1.165, 1.54) is 6.07 Å². The van der Waals surface area contributed by atoms with Gasteiger partial charge in [-0.1, -0.05) is 23.8 Å². The van der Waals surface area contributed by atoms with Crippen molar-refractivity contribution in [3.8, 4) is 0 Å². The summed E-state index contributed by atoms with van der Waals surface area (Å²) in [6, 6.07) is 13.6. The lowest BCUT2D eigenvalue weighted by molar-refractivity contribution is -0.384. The number of nitrogens with one attached hydrogen (secondary N) is 1. The smallest absolute Gasteiger partial charge is 0.271 e. The zero-order valence-corrected chi connectivity index (χ0v) is 19.2. The van der Waals surface area contributed by atoms with E-state index in [0.717, 1.165) is 56.8 Å². The van der Waals surface area contributed by atoms with Gasteiger partial charge < -0.3 is 4.90 Å².